The Bertz CT molecular complexity index is 646. The standard InChI is InChI=1S/C19H21Cl2NS/c1-22(2)9-3-4-16-17-10-14(20)6-5-13(17)12-23-19-8-7-15(21)11-18(16)19/h5-8,10-11,16H,3-4,9,12H2,1-2H3. The minimum absolute atomic E-state index is 0.368. The fourth-order valence-electron chi connectivity index (χ4n) is 3.19. The first-order chi connectivity index (χ1) is 11.0. The van der Waals surface area contributed by atoms with Crippen molar-refractivity contribution in [2.24, 2.45) is 0 Å². The summed E-state index contributed by atoms with van der Waals surface area (Å²) in [6.45, 7) is 1.09. The molecule has 4 heteroatoms. The summed E-state index contributed by atoms with van der Waals surface area (Å²) in [6, 6.07) is 12.6. The Morgan fingerprint density at radius 1 is 1.04 bits per heavy atom. The van der Waals surface area contributed by atoms with Crippen molar-refractivity contribution in [2.75, 3.05) is 20.6 Å². The van der Waals surface area contributed by atoms with E-state index >= 15 is 0 Å². The van der Waals surface area contributed by atoms with Gasteiger partial charge in [-0.25, -0.2) is 0 Å². The van der Waals surface area contributed by atoms with Gasteiger partial charge in [0.1, 0.15) is 0 Å². The van der Waals surface area contributed by atoms with Gasteiger partial charge in [0.05, 0.1) is 0 Å². The minimum atomic E-state index is 0.368. The highest BCUT2D eigenvalue weighted by molar-refractivity contribution is 7.98. The first kappa shape index (κ1) is 17.2. The molecule has 0 saturated heterocycles. The van der Waals surface area contributed by atoms with Gasteiger partial charge in [0.2, 0.25) is 0 Å². The number of fused-ring (bicyclic) bond motifs is 2. The average Bonchev–Trinajstić information content (AvgIpc) is 2.64. The Hall–Kier alpha value is -0.670. The zero-order chi connectivity index (χ0) is 16.4. The van der Waals surface area contributed by atoms with E-state index in [9.17, 15) is 0 Å². The van der Waals surface area contributed by atoms with Crippen LogP contribution in [0.2, 0.25) is 10.0 Å². The molecule has 1 aliphatic heterocycles. The van der Waals surface area contributed by atoms with Crippen molar-refractivity contribution in [3.05, 3.63) is 63.1 Å². The van der Waals surface area contributed by atoms with Gasteiger partial charge in [0.15, 0.2) is 0 Å². The van der Waals surface area contributed by atoms with Crippen LogP contribution in [0.25, 0.3) is 0 Å². The lowest BCUT2D eigenvalue weighted by atomic mass is 9.85. The molecule has 2 aromatic rings. The van der Waals surface area contributed by atoms with Crippen LogP contribution >= 0.6 is 35.0 Å². The molecule has 1 aliphatic rings. The Balaban J connectivity index is 2.02. The van der Waals surface area contributed by atoms with Crippen LogP contribution in [0.5, 0.6) is 0 Å². The van der Waals surface area contributed by atoms with E-state index in [4.69, 9.17) is 23.2 Å². The third-order valence-electron chi connectivity index (χ3n) is 4.31. The van der Waals surface area contributed by atoms with Gasteiger partial charge < -0.3 is 4.90 Å². The molecule has 1 heterocycles. The predicted molar refractivity (Wildman–Crippen MR) is 102 cm³/mol. The fourth-order valence-corrected chi connectivity index (χ4v) is 4.66. The summed E-state index contributed by atoms with van der Waals surface area (Å²) in [7, 11) is 4.25. The van der Waals surface area contributed by atoms with Crippen molar-refractivity contribution in [1.29, 1.82) is 0 Å². The SMILES string of the molecule is CN(C)CCCC1c2cc(Cl)ccc2CSc2ccc(Cl)cc21. The highest BCUT2D eigenvalue weighted by Gasteiger charge is 2.24. The average molecular weight is 366 g/mol. The van der Waals surface area contributed by atoms with Gasteiger partial charge in [-0.1, -0.05) is 29.3 Å². The molecule has 0 bridgehead atoms. The number of thioether (sulfide) groups is 1. The molecule has 0 aliphatic carbocycles. The number of hydrogen-bond donors (Lipinski definition) is 0. The fraction of sp³-hybridized carbons (Fsp3) is 0.368. The third kappa shape index (κ3) is 4.06. The molecule has 0 amide bonds. The third-order valence-corrected chi connectivity index (χ3v) is 5.92. The molecule has 1 nitrogen and oxygen atoms in total. The van der Waals surface area contributed by atoms with Crippen molar-refractivity contribution in [3.63, 3.8) is 0 Å². The van der Waals surface area contributed by atoms with E-state index in [1.807, 2.05) is 23.9 Å². The molecule has 23 heavy (non-hydrogen) atoms. The number of nitrogens with zero attached hydrogens (tertiary/aromatic N) is 1. The quantitative estimate of drug-likeness (QED) is 0.646. The van der Waals surface area contributed by atoms with Crippen molar-refractivity contribution < 1.29 is 0 Å². The highest BCUT2D eigenvalue weighted by Crippen LogP contribution is 2.44. The molecular weight excluding hydrogens is 345 g/mol. The molecule has 0 N–H and O–H groups in total. The lowest BCUT2D eigenvalue weighted by Crippen LogP contribution is -2.14. The summed E-state index contributed by atoms with van der Waals surface area (Å²) in [5.74, 6) is 1.36. The molecule has 2 aromatic carbocycles. The molecule has 0 fully saturated rings. The maximum Gasteiger partial charge on any atom is 0.0409 e. The van der Waals surface area contributed by atoms with Crippen LogP contribution in [-0.2, 0) is 5.75 Å². The van der Waals surface area contributed by atoms with Gasteiger partial charge >= 0.3 is 0 Å². The smallest absolute Gasteiger partial charge is 0.0409 e. The van der Waals surface area contributed by atoms with E-state index in [0.29, 0.717) is 5.92 Å². The summed E-state index contributed by atoms with van der Waals surface area (Å²) in [5, 5.41) is 1.63. The molecule has 1 unspecified atom stereocenters. The minimum Gasteiger partial charge on any atom is -0.309 e. The Labute approximate surface area is 153 Å². The lowest BCUT2D eigenvalue weighted by molar-refractivity contribution is 0.389. The molecule has 1 atom stereocenters. The maximum absolute atomic E-state index is 6.30. The van der Waals surface area contributed by atoms with E-state index in [-0.39, 0.29) is 0 Å². The number of rotatable bonds is 4. The van der Waals surface area contributed by atoms with Crippen LogP contribution < -0.4 is 0 Å². The van der Waals surface area contributed by atoms with Crippen LogP contribution in [0.1, 0.15) is 35.4 Å². The second-order valence-corrected chi connectivity index (χ2v) is 8.20. The normalized spacial score (nSPS) is 16.8. The Kier molecular flexibility index (Phi) is 5.58. The van der Waals surface area contributed by atoms with Crippen molar-refractivity contribution >= 4 is 35.0 Å². The van der Waals surface area contributed by atoms with Crippen molar-refractivity contribution in [2.45, 2.75) is 29.4 Å². The van der Waals surface area contributed by atoms with Gasteiger partial charge in [-0.3, -0.25) is 0 Å². The van der Waals surface area contributed by atoms with E-state index in [0.717, 1.165) is 35.2 Å². The van der Waals surface area contributed by atoms with Crippen LogP contribution in [0.3, 0.4) is 0 Å². The van der Waals surface area contributed by atoms with Crippen LogP contribution in [-0.4, -0.2) is 25.5 Å². The summed E-state index contributed by atoms with van der Waals surface area (Å²) in [4.78, 5) is 3.58. The first-order valence-electron chi connectivity index (χ1n) is 7.90. The topological polar surface area (TPSA) is 3.24 Å². The molecule has 0 saturated carbocycles. The van der Waals surface area contributed by atoms with E-state index < -0.39 is 0 Å². The molecule has 122 valence electrons. The Morgan fingerprint density at radius 2 is 1.74 bits per heavy atom. The van der Waals surface area contributed by atoms with Gasteiger partial charge in [-0.05, 0) is 80.5 Å². The maximum atomic E-state index is 6.30. The number of benzene rings is 2. The summed E-state index contributed by atoms with van der Waals surface area (Å²) in [6.07, 6.45) is 2.26. The van der Waals surface area contributed by atoms with E-state index in [1.54, 1.807) is 0 Å². The van der Waals surface area contributed by atoms with Crippen LogP contribution in [0.15, 0.2) is 41.3 Å². The van der Waals surface area contributed by atoms with Gasteiger partial charge in [-0.2, -0.15) is 0 Å². The van der Waals surface area contributed by atoms with Crippen molar-refractivity contribution in [1.82, 2.24) is 4.90 Å². The highest BCUT2D eigenvalue weighted by atomic mass is 35.5. The number of hydrogen-bond acceptors (Lipinski definition) is 2. The predicted octanol–water partition coefficient (Wildman–Crippen LogP) is 6.07. The largest absolute Gasteiger partial charge is 0.309 e. The van der Waals surface area contributed by atoms with Gasteiger partial charge in [0.25, 0.3) is 0 Å². The second kappa shape index (κ2) is 7.48. The molecule has 0 aromatic heterocycles. The lowest BCUT2D eigenvalue weighted by Gasteiger charge is -2.21. The van der Waals surface area contributed by atoms with Crippen LogP contribution in [0.4, 0.5) is 0 Å². The molecular formula is C19H21Cl2NS. The first-order valence-corrected chi connectivity index (χ1v) is 9.64. The second-order valence-electron chi connectivity index (χ2n) is 6.31. The zero-order valence-corrected chi connectivity index (χ0v) is 15.8. The van der Waals surface area contributed by atoms with E-state index in [2.05, 4.69) is 43.3 Å². The van der Waals surface area contributed by atoms with Crippen LogP contribution in [0, 0.1) is 0 Å². The molecule has 3 rings (SSSR count). The van der Waals surface area contributed by atoms with Crippen molar-refractivity contribution in [3.8, 4) is 0 Å². The summed E-state index contributed by atoms with van der Waals surface area (Å²) in [5.41, 5.74) is 4.11. The summed E-state index contributed by atoms with van der Waals surface area (Å²) < 4.78 is 0. The van der Waals surface area contributed by atoms with Gasteiger partial charge in [-0.15, -0.1) is 11.8 Å². The van der Waals surface area contributed by atoms with Gasteiger partial charge in [0, 0.05) is 26.6 Å². The molecule has 0 radical (unpaired) electrons. The Morgan fingerprint density at radius 3 is 2.48 bits per heavy atom. The zero-order valence-electron chi connectivity index (χ0n) is 13.5. The number of halogens is 2. The molecule has 0 spiro atoms. The summed E-state index contributed by atoms with van der Waals surface area (Å²) >= 11 is 14.5. The monoisotopic (exact) mass is 365 g/mol. The van der Waals surface area contributed by atoms with E-state index in [1.165, 1.54) is 21.6 Å².